The van der Waals surface area contributed by atoms with Crippen LogP contribution in [0.4, 0.5) is 5.82 Å². The van der Waals surface area contributed by atoms with Gasteiger partial charge >= 0.3 is 0 Å². The van der Waals surface area contributed by atoms with Crippen molar-refractivity contribution in [2.45, 2.75) is 13.0 Å². The first-order valence-electron chi connectivity index (χ1n) is 8.96. The van der Waals surface area contributed by atoms with Crippen molar-refractivity contribution in [3.05, 3.63) is 36.7 Å². The summed E-state index contributed by atoms with van der Waals surface area (Å²) in [5.41, 5.74) is 2.86. The monoisotopic (exact) mass is 366 g/mol. The number of nitrogens with one attached hydrogen (secondary N) is 1. The summed E-state index contributed by atoms with van der Waals surface area (Å²) in [4.78, 5) is 14.5. The molecule has 1 saturated heterocycles. The van der Waals surface area contributed by atoms with E-state index >= 15 is 0 Å². The van der Waals surface area contributed by atoms with Gasteiger partial charge in [0.15, 0.2) is 5.82 Å². The molecule has 1 N–H and O–H groups in total. The Labute approximate surface area is 157 Å². The van der Waals surface area contributed by atoms with Crippen LogP contribution in [0, 0.1) is 0 Å². The quantitative estimate of drug-likeness (QED) is 0.756. The van der Waals surface area contributed by atoms with E-state index in [-0.39, 0.29) is 11.9 Å². The number of hydrogen-bond acceptors (Lipinski definition) is 6. The van der Waals surface area contributed by atoms with Crippen molar-refractivity contribution in [1.82, 2.24) is 24.9 Å². The zero-order chi connectivity index (χ0) is 18.8. The average Bonchev–Trinajstić information content (AvgIpc) is 3.09. The van der Waals surface area contributed by atoms with Crippen molar-refractivity contribution in [2.24, 2.45) is 7.05 Å². The largest absolute Gasteiger partial charge is 0.379 e. The van der Waals surface area contributed by atoms with Gasteiger partial charge < -0.3 is 10.1 Å². The van der Waals surface area contributed by atoms with Crippen molar-refractivity contribution in [2.75, 3.05) is 31.6 Å². The number of fused-ring (bicyclic) bond motifs is 1. The molecule has 1 aliphatic heterocycles. The molecule has 140 valence electrons. The van der Waals surface area contributed by atoms with Crippen molar-refractivity contribution in [3.8, 4) is 11.1 Å². The lowest BCUT2D eigenvalue weighted by Gasteiger charge is -2.32. The second-order valence-corrected chi connectivity index (χ2v) is 6.85. The lowest BCUT2D eigenvalue weighted by molar-refractivity contribution is -0.119. The predicted octanol–water partition coefficient (Wildman–Crippen LogP) is 1.69. The molecule has 0 radical (unpaired) electrons. The molecule has 8 nitrogen and oxygen atoms in total. The fourth-order valence-electron chi connectivity index (χ4n) is 3.22. The lowest BCUT2D eigenvalue weighted by atomic mass is 10.1. The van der Waals surface area contributed by atoms with Gasteiger partial charge in [0.2, 0.25) is 5.91 Å². The van der Waals surface area contributed by atoms with E-state index in [9.17, 15) is 4.79 Å². The number of anilines is 1. The number of amides is 1. The first kappa shape index (κ1) is 17.6. The molecule has 2 aromatic heterocycles. The average molecular weight is 366 g/mol. The number of aryl methyl sites for hydroxylation is 1. The summed E-state index contributed by atoms with van der Waals surface area (Å²) >= 11 is 0. The highest BCUT2D eigenvalue weighted by Gasteiger charge is 2.21. The Morgan fingerprint density at radius 3 is 2.96 bits per heavy atom. The van der Waals surface area contributed by atoms with Crippen LogP contribution in [0.15, 0.2) is 36.7 Å². The first-order valence-corrected chi connectivity index (χ1v) is 8.96. The zero-order valence-electron chi connectivity index (χ0n) is 15.4. The van der Waals surface area contributed by atoms with Crippen molar-refractivity contribution in [1.29, 1.82) is 0 Å². The Morgan fingerprint density at radius 1 is 1.30 bits per heavy atom. The van der Waals surface area contributed by atoms with Crippen LogP contribution < -0.4 is 5.32 Å². The summed E-state index contributed by atoms with van der Waals surface area (Å²) in [7, 11) is 1.89. The molecule has 27 heavy (non-hydrogen) atoms. The number of hydrogen-bond donors (Lipinski definition) is 1. The molecule has 3 heterocycles. The molecule has 1 atom stereocenters. The van der Waals surface area contributed by atoms with Crippen LogP contribution in [0.5, 0.6) is 0 Å². The van der Waals surface area contributed by atoms with Gasteiger partial charge in [0, 0.05) is 36.8 Å². The molecule has 3 aromatic rings. The number of nitrogens with zero attached hydrogens (tertiary/aromatic N) is 5. The van der Waals surface area contributed by atoms with E-state index in [1.807, 2.05) is 43.7 Å². The van der Waals surface area contributed by atoms with E-state index in [0.29, 0.717) is 25.6 Å². The third-order valence-electron chi connectivity index (χ3n) is 4.74. The minimum Gasteiger partial charge on any atom is -0.379 e. The Balaban J connectivity index is 1.51. The number of rotatable bonds is 4. The Morgan fingerprint density at radius 2 is 2.19 bits per heavy atom. The smallest absolute Gasteiger partial charge is 0.239 e. The van der Waals surface area contributed by atoms with E-state index in [4.69, 9.17) is 4.74 Å². The van der Waals surface area contributed by atoms with Crippen molar-refractivity contribution < 1.29 is 9.53 Å². The molecule has 0 spiro atoms. The van der Waals surface area contributed by atoms with Gasteiger partial charge in [-0.15, -0.1) is 10.2 Å². The number of benzene rings is 1. The molecule has 0 aliphatic carbocycles. The van der Waals surface area contributed by atoms with Gasteiger partial charge in [-0.2, -0.15) is 5.10 Å². The van der Waals surface area contributed by atoms with E-state index in [0.717, 1.165) is 28.6 Å². The Hall–Kier alpha value is -2.84. The minimum atomic E-state index is -0.0965. The second kappa shape index (κ2) is 7.42. The van der Waals surface area contributed by atoms with Gasteiger partial charge in [0.1, 0.15) is 0 Å². The molecule has 0 unspecified atom stereocenters. The number of aromatic nitrogens is 4. The van der Waals surface area contributed by atoms with Crippen LogP contribution >= 0.6 is 0 Å². The van der Waals surface area contributed by atoms with Gasteiger partial charge in [-0.05, 0) is 30.7 Å². The maximum Gasteiger partial charge on any atom is 0.239 e. The predicted molar refractivity (Wildman–Crippen MR) is 102 cm³/mol. The highest BCUT2D eigenvalue weighted by molar-refractivity contribution is 5.93. The van der Waals surface area contributed by atoms with Crippen molar-refractivity contribution >= 4 is 22.6 Å². The van der Waals surface area contributed by atoms with Crippen LogP contribution in [0.1, 0.15) is 6.92 Å². The molecule has 8 heteroatoms. The molecule has 1 aromatic carbocycles. The first-order chi connectivity index (χ1) is 13.1. The topological polar surface area (TPSA) is 85.2 Å². The standard InChI is InChI=1S/C19H22N6O2/c1-13-12-27-6-5-25(13)11-19(26)21-18-8-15-7-14(3-4-17(15)22-23-18)16-9-20-24(2)10-16/h3-4,7-10,13H,5-6,11-12H2,1-2H3,(H,21,23,26)/t13-/m1/s1. The van der Waals surface area contributed by atoms with Gasteiger partial charge in [-0.25, -0.2) is 0 Å². The maximum atomic E-state index is 12.4. The summed E-state index contributed by atoms with van der Waals surface area (Å²) in [6.45, 7) is 4.44. The van der Waals surface area contributed by atoms with E-state index in [1.54, 1.807) is 4.68 Å². The summed E-state index contributed by atoms with van der Waals surface area (Å²) in [6, 6.07) is 8.02. The van der Waals surface area contributed by atoms with Crippen LogP contribution in [0.25, 0.3) is 22.0 Å². The molecule has 4 rings (SSSR count). The fourth-order valence-corrected chi connectivity index (χ4v) is 3.22. The fraction of sp³-hybridized carbons (Fsp3) is 0.368. The van der Waals surface area contributed by atoms with Crippen molar-refractivity contribution in [3.63, 3.8) is 0 Å². The van der Waals surface area contributed by atoms with Gasteiger partial charge in [0.05, 0.1) is 31.5 Å². The third-order valence-corrected chi connectivity index (χ3v) is 4.74. The zero-order valence-corrected chi connectivity index (χ0v) is 15.4. The van der Waals surface area contributed by atoms with E-state index in [1.165, 1.54) is 0 Å². The highest BCUT2D eigenvalue weighted by atomic mass is 16.5. The van der Waals surface area contributed by atoms with Crippen LogP contribution in [0.3, 0.4) is 0 Å². The van der Waals surface area contributed by atoms with E-state index in [2.05, 4.69) is 32.4 Å². The number of carbonyl (C=O) groups is 1. The number of ether oxygens (including phenoxy) is 1. The summed E-state index contributed by atoms with van der Waals surface area (Å²) in [5, 5.41) is 16.3. The maximum absolute atomic E-state index is 12.4. The van der Waals surface area contributed by atoms with E-state index < -0.39 is 0 Å². The minimum absolute atomic E-state index is 0.0965. The molecular formula is C19H22N6O2. The molecule has 0 bridgehead atoms. The number of morpholine rings is 1. The molecule has 1 fully saturated rings. The molecular weight excluding hydrogens is 344 g/mol. The van der Waals surface area contributed by atoms with Crippen LogP contribution in [0.2, 0.25) is 0 Å². The lowest BCUT2D eigenvalue weighted by Crippen LogP contribution is -2.47. The van der Waals surface area contributed by atoms with Crippen LogP contribution in [-0.4, -0.2) is 63.1 Å². The molecule has 0 saturated carbocycles. The number of carbonyl (C=O) groups excluding carboxylic acids is 1. The van der Waals surface area contributed by atoms with Gasteiger partial charge in [0.25, 0.3) is 0 Å². The SMILES string of the molecule is C[C@@H]1COCCN1CC(=O)Nc1cc2cc(-c3cnn(C)c3)ccc2nn1. The summed E-state index contributed by atoms with van der Waals surface area (Å²) in [6.07, 6.45) is 3.78. The van der Waals surface area contributed by atoms with Gasteiger partial charge in [-0.1, -0.05) is 6.07 Å². The molecule has 1 amide bonds. The third kappa shape index (κ3) is 3.96. The Kier molecular flexibility index (Phi) is 4.83. The summed E-state index contributed by atoms with van der Waals surface area (Å²) in [5.74, 6) is 0.359. The second-order valence-electron chi connectivity index (χ2n) is 6.85. The molecule has 1 aliphatic rings. The van der Waals surface area contributed by atoms with Gasteiger partial charge in [-0.3, -0.25) is 14.4 Å². The summed E-state index contributed by atoms with van der Waals surface area (Å²) < 4.78 is 7.17. The van der Waals surface area contributed by atoms with Crippen LogP contribution in [-0.2, 0) is 16.6 Å². The Bertz CT molecular complexity index is 970. The highest BCUT2D eigenvalue weighted by Crippen LogP contribution is 2.24. The normalized spacial score (nSPS) is 17.9.